The number of nitrogens with one attached hydrogen (secondary N) is 1. The summed E-state index contributed by atoms with van der Waals surface area (Å²) in [7, 11) is 2.01. The molecule has 0 aliphatic rings. The fourth-order valence-electron chi connectivity index (χ4n) is 1.36. The first-order valence-electron chi connectivity index (χ1n) is 4.99. The highest BCUT2D eigenvalue weighted by Crippen LogP contribution is 2.11. The first-order chi connectivity index (χ1) is 7.24. The molecule has 0 heterocycles. The molecular weight excluding hydrogens is 190 g/mol. The molecular formula is C11H17N3O. The second-order valence-corrected chi connectivity index (χ2v) is 3.43. The van der Waals surface area contributed by atoms with Crippen LogP contribution in [0.1, 0.15) is 12.8 Å². The Labute approximate surface area is 90.0 Å². The Kier molecular flexibility index (Phi) is 4.63. The average Bonchev–Trinajstić information content (AvgIpc) is 2.29. The van der Waals surface area contributed by atoms with E-state index in [2.05, 4.69) is 10.3 Å². The average molecular weight is 207 g/mol. The van der Waals surface area contributed by atoms with Crippen LogP contribution >= 0.6 is 0 Å². The molecule has 0 radical (unpaired) electrons. The first-order valence-corrected chi connectivity index (χ1v) is 4.99. The van der Waals surface area contributed by atoms with Gasteiger partial charge in [0, 0.05) is 25.7 Å². The molecule has 4 nitrogen and oxygen atoms in total. The van der Waals surface area contributed by atoms with Crippen LogP contribution in [-0.4, -0.2) is 19.5 Å². The second kappa shape index (κ2) is 6.03. The van der Waals surface area contributed by atoms with Gasteiger partial charge >= 0.3 is 0 Å². The third-order valence-electron chi connectivity index (χ3n) is 2.26. The summed E-state index contributed by atoms with van der Waals surface area (Å²) in [6.45, 7) is 0.845. The van der Waals surface area contributed by atoms with E-state index in [0.717, 1.165) is 18.7 Å². The van der Waals surface area contributed by atoms with Crippen molar-refractivity contribution in [2.75, 3.05) is 18.5 Å². The standard InChI is InChI=1S/C11H17N3O/c1-14(9-5-8-11(15)13-12)10-6-3-2-4-7-10/h2-4,6-7H,5,8-9,12H2,1H3,(H,13,15). The maximum atomic E-state index is 10.9. The van der Waals surface area contributed by atoms with E-state index in [1.165, 1.54) is 0 Å². The Bertz CT molecular complexity index is 300. The van der Waals surface area contributed by atoms with Gasteiger partial charge in [-0.05, 0) is 18.6 Å². The summed E-state index contributed by atoms with van der Waals surface area (Å²) in [6, 6.07) is 10.1. The molecule has 0 spiro atoms. The number of benzene rings is 1. The minimum absolute atomic E-state index is 0.114. The normalized spacial score (nSPS) is 9.73. The molecule has 0 fully saturated rings. The highest BCUT2D eigenvalue weighted by molar-refractivity contribution is 5.75. The van der Waals surface area contributed by atoms with Gasteiger partial charge in [0.15, 0.2) is 0 Å². The lowest BCUT2D eigenvalue weighted by atomic mass is 10.2. The van der Waals surface area contributed by atoms with Gasteiger partial charge in [0.1, 0.15) is 0 Å². The van der Waals surface area contributed by atoms with Crippen LogP contribution in [0, 0.1) is 0 Å². The van der Waals surface area contributed by atoms with Gasteiger partial charge in [0.25, 0.3) is 0 Å². The molecule has 15 heavy (non-hydrogen) atoms. The van der Waals surface area contributed by atoms with E-state index in [1.54, 1.807) is 0 Å². The van der Waals surface area contributed by atoms with E-state index in [0.29, 0.717) is 6.42 Å². The van der Waals surface area contributed by atoms with E-state index >= 15 is 0 Å². The van der Waals surface area contributed by atoms with Crippen LogP contribution in [0.15, 0.2) is 30.3 Å². The van der Waals surface area contributed by atoms with Gasteiger partial charge in [0.2, 0.25) is 5.91 Å². The van der Waals surface area contributed by atoms with Gasteiger partial charge in [-0.15, -0.1) is 0 Å². The first kappa shape index (κ1) is 11.5. The quantitative estimate of drug-likeness (QED) is 0.428. The van der Waals surface area contributed by atoms with Crippen molar-refractivity contribution >= 4 is 11.6 Å². The van der Waals surface area contributed by atoms with Gasteiger partial charge in [-0.25, -0.2) is 5.84 Å². The number of hydrazine groups is 1. The second-order valence-electron chi connectivity index (χ2n) is 3.43. The molecule has 1 rings (SSSR count). The van der Waals surface area contributed by atoms with Gasteiger partial charge < -0.3 is 4.90 Å². The van der Waals surface area contributed by atoms with Gasteiger partial charge in [-0.2, -0.15) is 0 Å². The van der Waals surface area contributed by atoms with Crippen LogP contribution in [0.5, 0.6) is 0 Å². The minimum atomic E-state index is -0.114. The third kappa shape index (κ3) is 3.99. The Balaban J connectivity index is 2.31. The fourth-order valence-corrected chi connectivity index (χ4v) is 1.36. The molecule has 0 saturated carbocycles. The van der Waals surface area contributed by atoms with Gasteiger partial charge in [-0.3, -0.25) is 10.2 Å². The predicted molar refractivity (Wildman–Crippen MR) is 61.3 cm³/mol. The molecule has 1 aromatic carbocycles. The van der Waals surface area contributed by atoms with Gasteiger partial charge in [-0.1, -0.05) is 18.2 Å². The summed E-state index contributed by atoms with van der Waals surface area (Å²) in [5, 5.41) is 0. The Morgan fingerprint density at radius 3 is 2.67 bits per heavy atom. The van der Waals surface area contributed by atoms with Crippen LogP contribution < -0.4 is 16.2 Å². The summed E-state index contributed by atoms with van der Waals surface area (Å²) >= 11 is 0. The zero-order chi connectivity index (χ0) is 11.1. The molecule has 1 amide bonds. The number of hydrogen-bond acceptors (Lipinski definition) is 3. The highest BCUT2D eigenvalue weighted by Gasteiger charge is 2.01. The monoisotopic (exact) mass is 207 g/mol. The topological polar surface area (TPSA) is 58.4 Å². The molecule has 0 unspecified atom stereocenters. The number of nitrogens with two attached hydrogens (primary N) is 1. The number of hydrogen-bond donors (Lipinski definition) is 2. The highest BCUT2D eigenvalue weighted by atomic mass is 16.2. The predicted octanol–water partition coefficient (Wildman–Crippen LogP) is 0.893. The summed E-state index contributed by atoms with van der Waals surface area (Å²) in [5.41, 5.74) is 3.28. The Hall–Kier alpha value is -1.55. The number of anilines is 1. The molecule has 0 aliphatic carbocycles. The lowest BCUT2D eigenvalue weighted by molar-refractivity contribution is -0.121. The van der Waals surface area contributed by atoms with E-state index in [-0.39, 0.29) is 5.91 Å². The van der Waals surface area contributed by atoms with E-state index in [4.69, 9.17) is 5.84 Å². The van der Waals surface area contributed by atoms with Crippen molar-refractivity contribution in [3.05, 3.63) is 30.3 Å². The van der Waals surface area contributed by atoms with Crippen LogP contribution in [0.2, 0.25) is 0 Å². The molecule has 0 atom stereocenters. The fraction of sp³-hybridized carbons (Fsp3) is 0.364. The number of rotatable bonds is 5. The van der Waals surface area contributed by atoms with Crippen LogP contribution in [0.4, 0.5) is 5.69 Å². The molecule has 0 aliphatic heterocycles. The zero-order valence-corrected chi connectivity index (χ0v) is 8.94. The van der Waals surface area contributed by atoms with Crippen molar-refractivity contribution in [2.24, 2.45) is 5.84 Å². The van der Waals surface area contributed by atoms with E-state index in [1.807, 2.05) is 37.4 Å². The van der Waals surface area contributed by atoms with Crippen LogP contribution in [0.25, 0.3) is 0 Å². The number of nitrogens with zero attached hydrogens (tertiary/aromatic N) is 1. The Morgan fingerprint density at radius 2 is 2.07 bits per heavy atom. The van der Waals surface area contributed by atoms with Crippen molar-refractivity contribution < 1.29 is 4.79 Å². The molecule has 0 bridgehead atoms. The summed E-state index contributed by atoms with van der Waals surface area (Å²) in [4.78, 5) is 13.0. The molecule has 0 saturated heterocycles. The van der Waals surface area contributed by atoms with Crippen molar-refractivity contribution in [3.63, 3.8) is 0 Å². The zero-order valence-electron chi connectivity index (χ0n) is 8.94. The van der Waals surface area contributed by atoms with Crippen molar-refractivity contribution in [1.82, 2.24) is 5.43 Å². The largest absolute Gasteiger partial charge is 0.375 e. The minimum Gasteiger partial charge on any atom is -0.375 e. The molecule has 3 N–H and O–H groups in total. The van der Waals surface area contributed by atoms with Crippen molar-refractivity contribution in [3.8, 4) is 0 Å². The lowest BCUT2D eigenvalue weighted by Crippen LogP contribution is -2.30. The molecule has 0 aromatic heterocycles. The van der Waals surface area contributed by atoms with E-state index < -0.39 is 0 Å². The number of carbonyl (C=O) groups is 1. The molecule has 82 valence electrons. The lowest BCUT2D eigenvalue weighted by Gasteiger charge is -2.18. The van der Waals surface area contributed by atoms with E-state index in [9.17, 15) is 4.79 Å². The van der Waals surface area contributed by atoms with Crippen molar-refractivity contribution in [1.29, 1.82) is 0 Å². The SMILES string of the molecule is CN(CCCC(=O)NN)c1ccccc1. The van der Waals surface area contributed by atoms with Crippen molar-refractivity contribution in [2.45, 2.75) is 12.8 Å². The number of amides is 1. The maximum absolute atomic E-state index is 10.9. The molecule has 1 aromatic rings. The molecule has 4 heteroatoms. The smallest absolute Gasteiger partial charge is 0.233 e. The van der Waals surface area contributed by atoms with Gasteiger partial charge in [0.05, 0.1) is 0 Å². The van der Waals surface area contributed by atoms with Crippen LogP contribution in [-0.2, 0) is 4.79 Å². The summed E-state index contributed by atoms with van der Waals surface area (Å²) in [5.74, 6) is 4.87. The third-order valence-corrected chi connectivity index (χ3v) is 2.26. The number of carbonyl (C=O) groups excluding carboxylic acids is 1. The number of para-hydroxylation sites is 1. The van der Waals surface area contributed by atoms with Crippen LogP contribution in [0.3, 0.4) is 0 Å². The summed E-state index contributed by atoms with van der Waals surface area (Å²) < 4.78 is 0. The maximum Gasteiger partial charge on any atom is 0.233 e. The Morgan fingerprint density at radius 1 is 1.40 bits per heavy atom. The summed E-state index contributed by atoms with van der Waals surface area (Å²) in [6.07, 6.45) is 1.27.